The second kappa shape index (κ2) is 9.28. The molecule has 4 rings (SSSR count). The Kier molecular flexibility index (Phi) is 6.48. The molecule has 1 aliphatic heterocycles. The first-order valence-corrected chi connectivity index (χ1v) is 11.3. The molecule has 162 valence electrons. The molecule has 31 heavy (non-hydrogen) atoms. The Morgan fingerprint density at radius 1 is 1.29 bits per heavy atom. The zero-order valence-corrected chi connectivity index (χ0v) is 18.8. The molecule has 9 heteroatoms. The van der Waals surface area contributed by atoms with Gasteiger partial charge in [-0.15, -0.1) is 11.3 Å². The van der Waals surface area contributed by atoms with E-state index in [-0.39, 0.29) is 36.3 Å². The minimum absolute atomic E-state index is 0.0814. The first kappa shape index (κ1) is 21.6. The van der Waals surface area contributed by atoms with Crippen LogP contribution in [0.4, 0.5) is 4.39 Å². The summed E-state index contributed by atoms with van der Waals surface area (Å²) in [5.41, 5.74) is 1.31. The highest BCUT2D eigenvalue weighted by Gasteiger charge is 2.35. The highest BCUT2D eigenvalue weighted by molar-refractivity contribution is 7.14. The summed E-state index contributed by atoms with van der Waals surface area (Å²) in [6.07, 6.45) is 4.88. The van der Waals surface area contributed by atoms with Gasteiger partial charge < -0.3 is 9.64 Å². The first-order valence-electron chi connectivity index (χ1n) is 10.1. The Morgan fingerprint density at radius 3 is 2.71 bits per heavy atom. The monoisotopic (exact) mass is 460 g/mol. The zero-order valence-electron chi connectivity index (χ0n) is 17.2. The van der Waals surface area contributed by atoms with E-state index in [4.69, 9.17) is 16.3 Å². The van der Waals surface area contributed by atoms with E-state index < -0.39 is 0 Å². The Morgan fingerprint density at radius 2 is 2.00 bits per heavy atom. The van der Waals surface area contributed by atoms with Gasteiger partial charge in [0, 0.05) is 12.1 Å². The molecule has 0 bridgehead atoms. The van der Waals surface area contributed by atoms with Crippen LogP contribution in [-0.2, 0) is 0 Å². The normalized spacial score (nSPS) is 18.8. The van der Waals surface area contributed by atoms with Gasteiger partial charge in [0.05, 0.1) is 34.2 Å². The van der Waals surface area contributed by atoms with Gasteiger partial charge in [0.15, 0.2) is 0 Å². The lowest BCUT2D eigenvalue weighted by Gasteiger charge is -2.39. The van der Waals surface area contributed by atoms with Crippen molar-refractivity contribution in [3.63, 3.8) is 0 Å². The average Bonchev–Trinajstić information content (AvgIpc) is 3.15. The van der Waals surface area contributed by atoms with E-state index in [9.17, 15) is 9.18 Å². The lowest BCUT2D eigenvalue weighted by atomic mass is 9.91. The van der Waals surface area contributed by atoms with Crippen LogP contribution >= 0.6 is 22.9 Å². The van der Waals surface area contributed by atoms with Gasteiger partial charge in [-0.25, -0.2) is 19.3 Å². The number of carbonyl (C=O) groups excluding carboxylic acids is 1. The molecule has 2 aromatic heterocycles. The third-order valence-electron chi connectivity index (χ3n) is 5.40. The fourth-order valence-electron chi connectivity index (χ4n) is 3.80. The molecule has 6 nitrogen and oxygen atoms in total. The third-order valence-corrected chi connectivity index (χ3v) is 6.56. The quantitative estimate of drug-likeness (QED) is 0.534. The van der Waals surface area contributed by atoms with Gasteiger partial charge >= 0.3 is 6.01 Å². The van der Waals surface area contributed by atoms with Crippen LogP contribution in [0.5, 0.6) is 6.01 Å². The molecule has 1 aliphatic rings. The molecule has 1 amide bonds. The number of benzene rings is 1. The Labute approximate surface area is 189 Å². The predicted octanol–water partition coefficient (Wildman–Crippen LogP) is 5.02. The summed E-state index contributed by atoms with van der Waals surface area (Å²) in [5.74, 6) is -0.148. The first-order chi connectivity index (χ1) is 14.9. The molecule has 0 radical (unpaired) electrons. The molecule has 1 fully saturated rings. The van der Waals surface area contributed by atoms with Crippen molar-refractivity contribution in [1.82, 2.24) is 19.9 Å². The lowest BCUT2D eigenvalue weighted by Crippen LogP contribution is -2.50. The van der Waals surface area contributed by atoms with Crippen molar-refractivity contribution in [3.8, 4) is 17.3 Å². The van der Waals surface area contributed by atoms with Gasteiger partial charge in [-0.05, 0) is 49.9 Å². The van der Waals surface area contributed by atoms with Crippen molar-refractivity contribution in [3.05, 3.63) is 57.4 Å². The molecule has 0 aliphatic carbocycles. The fraction of sp³-hybridized carbons (Fsp3) is 0.364. The second-order valence-electron chi connectivity index (χ2n) is 7.60. The lowest BCUT2D eigenvalue weighted by molar-refractivity contribution is 0.0386. The van der Waals surface area contributed by atoms with Crippen molar-refractivity contribution in [2.75, 3.05) is 13.2 Å². The summed E-state index contributed by atoms with van der Waals surface area (Å²) in [7, 11) is 0. The van der Waals surface area contributed by atoms with E-state index in [0.717, 1.165) is 23.4 Å². The van der Waals surface area contributed by atoms with Crippen molar-refractivity contribution in [1.29, 1.82) is 0 Å². The topological polar surface area (TPSA) is 68.2 Å². The van der Waals surface area contributed by atoms with Crippen LogP contribution < -0.4 is 4.74 Å². The minimum Gasteiger partial charge on any atom is -0.461 e. The number of ether oxygens (including phenoxy) is 1. The molecule has 0 unspecified atom stereocenters. The van der Waals surface area contributed by atoms with E-state index in [2.05, 4.69) is 21.9 Å². The van der Waals surface area contributed by atoms with Gasteiger partial charge in [-0.3, -0.25) is 4.79 Å². The van der Waals surface area contributed by atoms with Crippen molar-refractivity contribution in [2.24, 2.45) is 5.92 Å². The summed E-state index contributed by atoms with van der Waals surface area (Å²) >= 11 is 7.19. The number of likely N-dealkylation sites (tertiary alicyclic amines) is 1. The molecule has 0 spiro atoms. The minimum atomic E-state index is -0.324. The molecule has 2 atom stereocenters. The van der Waals surface area contributed by atoms with Crippen molar-refractivity contribution in [2.45, 2.75) is 32.7 Å². The number of halogens is 2. The predicted molar refractivity (Wildman–Crippen MR) is 118 cm³/mol. The highest BCUT2D eigenvalue weighted by Crippen LogP contribution is 2.32. The highest BCUT2D eigenvalue weighted by atomic mass is 35.5. The molecule has 0 saturated carbocycles. The van der Waals surface area contributed by atoms with Crippen LogP contribution in [-0.4, -0.2) is 45.0 Å². The van der Waals surface area contributed by atoms with Crippen LogP contribution in [0.2, 0.25) is 5.02 Å². The fourth-order valence-corrected chi connectivity index (χ4v) is 4.79. The summed E-state index contributed by atoms with van der Waals surface area (Å²) in [6, 6.07) is 6.17. The van der Waals surface area contributed by atoms with E-state index in [1.165, 1.54) is 35.9 Å². The van der Waals surface area contributed by atoms with Crippen molar-refractivity contribution >= 4 is 28.8 Å². The Hall–Kier alpha value is -2.58. The number of amides is 1. The number of thiazole rings is 1. The average molecular weight is 461 g/mol. The van der Waals surface area contributed by atoms with E-state index >= 15 is 0 Å². The summed E-state index contributed by atoms with van der Waals surface area (Å²) < 4.78 is 19.2. The number of aromatic nitrogens is 3. The maximum Gasteiger partial charge on any atom is 0.316 e. The number of carbonyl (C=O) groups is 1. The van der Waals surface area contributed by atoms with E-state index in [1.54, 1.807) is 12.1 Å². The molecule has 1 saturated heterocycles. The van der Waals surface area contributed by atoms with Gasteiger partial charge in [-0.2, -0.15) is 0 Å². The Bertz CT molecular complexity index is 1060. The van der Waals surface area contributed by atoms with Crippen molar-refractivity contribution < 1.29 is 13.9 Å². The zero-order chi connectivity index (χ0) is 22.0. The van der Waals surface area contributed by atoms with Crippen LogP contribution in [0.1, 0.15) is 34.4 Å². The molecule has 1 aromatic carbocycles. The van der Waals surface area contributed by atoms with Gasteiger partial charge in [-0.1, -0.05) is 18.5 Å². The summed E-state index contributed by atoms with van der Waals surface area (Å²) in [5, 5.41) is 1.22. The number of aryl methyl sites for hydroxylation is 1. The second-order valence-corrected chi connectivity index (χ2v) is 9.24. The van der Waals surface area contributed by atoms with Crippen LogP contribution in [0.15, 0.2) is 36.7 Å². The number of nitrogens with zero attached hydrogens (tertiary/aromatic N) is 4. The molecular weight excluding hydrogens is 439 g/mol. The van der Waals surface area contributed by atoms with Crippen LogP contribution in [0, 0.1) is 18.7 Å². The van der Waals surface area contributed by atoms with Crippen LogP contribution in [0.3, 0.4) is 0 Å². The van der Waals surface area contributed by atoms with E-state index in [0.29, 0.717) is 22.1 Å². The largest absolute Gasteiger partial charge is 0.461 e. The standard InChI is InChI=1S/C22H22ClFN4O2S/c1-13-4-3-9-28(18(13)12-30-22-25-10-16(23)11-26-22)21(29)20-19(27-14(2)31-20)15-5-7-17(24)8-6-15/h5-8,10-11,13,18H,3-4,9,12H2,1-2H3/t13-,18-/m1/s1. The molecule has 3 aromatic rings. The molecule has 3 heterocycles. The van der Waals surface area contributed by atoms with Crippen LogP contribution in [0.25, 0.3) is 11.3 Å². The number of piperidine rings is 1. The third kappa shape index (κ3) is 4.85. The summed E-state index contributed by atoms with van der Waals surface area (Å²) in [4.78, 5) is 28.7. The maximum absolute atomic E-state index is 13.6. The molecule has 0 N–H and O–H groups in total. The number of hydrogen-bond donors (Lipinski definition) is 0. The number of hydrogen-bond acceptors (Lipinski definition) is 6. The SMILES string of the molecule is Cc1nc(-c2ccc(F)cc2)c(C(=O)N2CCC[C@@H](C)[C@H]2COc2ncc(Cl)cn2)s1. The Balaban J connectivity index is 1.58. The molecular formula is C22H22ClFN4O2S. The van der Waals surface area contributed by atoms with E-state index in [1.807, 2.05) is 11.8 Å². The van der Waals surface area contributed by atoms with Gasteiger partial charge in [0.25, 0.3) is 5.91 Å². The summed E-state index contributed by atoms with van der Waals surface area (Å²) in [6.45, 7) is 4.91. The number of rotatable bonds is 5. The van der Waals surface area contributed by atoms with Gasteiger partial charge in [0.1, 0.15) is 17.3 Å². The van der Waals surface area contributed by atoms with Gasteiger partial charge in [0.2, 0.25) is 0 Å². The maximum atomic E-state index is 13.6. The smallest absolute Gasteiger partial charge is 0.316 e.